The number of carbonyl (C=O) groups is 2. The highest BCUT2D eigenvalue weighted by molar-refractivity contribution is 6.33. The van der Waals surface area contributed by atoms with Gasteiger partial charge in [0.2, 0.25) is 11.8 Å². The van der Waals surface area contributed by atoms with Gasteiger partial charge in [0.1, 0.15) is 6.54 Å². The summed E-state index contributed by atoms with van der Waals surface area (Å²) in [7, 11) is 0. The SMILES string of the molecule is Cc1n[nH]c(C)c1CCC(=O)N1CC(=O)N(c2ccccc2Cl)CC1C. The topological polar surface area (TPSA) is 69.3 Å². The van der Waals surface area contributed by atoms with Crippen LogP contribution in [0.25, 0.3) is 0 Å². The van der Waals surface area contributed by atoms with Crippen molar-refractivity contribution >= 4 is 29.1 Å². The monoisotopic (exact) mass is 374 g/mol. The molecule has 0 aliphatic carbocycles. The average molecular weight is 375 g/mol. The molecule has 1 aromatic carbocycles. The summed E-state index contributed by atoms with van der Waals surface area (Å²) < 4.78 is 0. The zero-order chi connectivity index (χ0) is 18.8. The van der Waals surface area contributed by atoms with Gasteiger partial charge in [-0.3, -0.25) is 14.7 Å². The van der Waals surface area contributed by atoms with Crippen LogP contribution in [-0.4, -0.2) is 46.0 Å². The van der Waals surface area contributed by atoms with Crippen molar-refractivity contribution in [3.63, 3.8) is 0 Å². The van der Waals surface area contributed by atoms with E-state index in [-0.39, 0.29) is 24.4 Å². The van der Waals surface area contributed by atoms with Crippen LogP contribution in [0.3, 0.4) is 0 Å². The number of piperazine rings is 1. The van der Waals surface area contributed by atoms with E-state index < -0.39 is 0 Å². The van der Waals surface area contributed by atoms with Crippen LogP contribution in [0.2, 0.25) is 5.02 Å². The first-order valence-electron chi connectivity index (χ1n) is 8.73. The number of nitrogens with one attached hydrogen (secondary N) is 1. The zero-order valence-electron chi connectivity index (χ0n) is 15.3. The Morgan fingerprint density at radius 2 is 2.08 bits per heavy atom. The van der Waals surface area contributed by atoms with Crippen molar-refractivity contribution in [2.75, 3.05) is 18.0 Å². The first-order chi connectivity index (χ1) is 12.4. The van der Waals surface area contributed by atoms with Crippen LogP contribution >= 0.6 is 11.6 Å². The van der Waals surface area contributed by atoms with E-state index in [9.17, 15) is 9.59 Å². The molecule has 1 saturated heterocycles. The largest absolute Gasteiger partial charge is 0.329 e. The van der Waals surface area contributed by atoms with Crippen molar-refractivity contribution in [3.8, 4) is 0 Å². The van der Waals surface area contributed by atoms with Gasteiger partial charge in [-0.25, -0.2) is 0 Å². The van der Waals surface area contributed by atoms with Crippen LogP contribution in [0, 0.1) is 13.8 Å². The van der Waals surface area contributed by atoms with Gasteiger partial charge in [-0.05, 0) is 44.9 Å². The average Bonchev–Trinajstić information content (AvgIpc) is 2.93. The van der Waals surface area contributed by atoms with Gasteiger partial charge in [-0.1, -0.05) is 23.7 Å². The summed E-state index contributed by atoms with van der Waals surface area (Å²) in [4.78, 5) is 28.6. The molecular weight excluding hydrogens is 352 g/mol. The second-order valence-corrected chi connectivity index (χ2v) is 7.15. The number of aryl methyl sites for hydroxylation is 2. The number of amides is 2. The van der Waals surface area contributed by atoms with Gasteiger partial charge in [-0.15, -0.1) is 0 Å². The second kappa shape index (κ2) is 7.50. The third-order valence-corrected chi connectivity index (χ3v) is 5.24. The number of carbonyl (C=O) groups excluding carboxylic acids is 2. The molecule has 2 amide bonds. The van der Waals surface area contributed by atoms with Crippen LogP contribution in [0.5, 0.6) is 0 Å². The van der Waals surface area contributed by atoms with Crippen LogP contribution < -0.4 is 4.90 Å². The predicted molar refractivity (Wildman–Crippen MR) is 101 cm³/mol. The van der Waals surface area contributed by atoms with Crippen molar-refractivity contribution in [2.45, 2.75) is 39.7 Å². The third kappa shape index (κ3) is 3.60. The Morgan fingerprint density at radius 1 is 1.35 bits per heavy atom. The Kier molecular flexibility index (Phi) is 5.32. The number of H-pyrrole nitrogens is 1. The maximum absolute atomic E-state index is 12.7. The van der Waals surface area contributed by atoms with Gasteiger partial charge in [0.25, 0.3) is 0 Å². The summed E-state index contributed by atoms with van der Waals surface area (Å²) in [6.45, 7) is 6.36. The fourth-order valence-corrected chi connectivity index (χ4v) is 3.64. The number of anilines is 1. The van der Waals surface area contributed by atoms with Crippen molar-refractivity contribution in [1.29, 1.82) is 0 Å². The van der Waals surface area contributed by atoms with Gasteiger partial charge in [0.05, 0.1) is 16.4 Å². The molecule has 1 aliphatic heterocycles. The molecule has 138 valence electrons. The lowest BCUT2D eigenvalue weighted by atomic mass is 10.1. The number of halogens is 1. The van der Waals surface area contributed by atoms with E-state index in [2.05, 4.69) is 10.2 Å². The quantitative estimate of drug-likeness (QED) is 0.894. The number of aromatic nitrogens is 2. The lowest BCUT2D eigenvalue weighted by molar-refractivity contribution is -0.139. The summed E-state index contributed by atoms with van der Waals surface area (Å²) in [5.74, 6) is -0.120. The summed E-state index contributed by atoms with van der Waals surface area (Å²) >= 11 is 6.22. The van der Waals surface area contributed by atoms with E-state index in [0.717, 1.165) is 17.0 Å². The second-order valence-electron chi connectivity index (χ2n) is 6.74. The van der Waals surface area contributed by atoms with Crippen molar-refractivity contribution < 1.29 is 9.59 Å². The molecule has 2 heterocycles. The highest BCUT2D eigenvalue weighted by Gasteiger charge is 2.33. The van der Waals surface area contributed by atoms with Gasteiger partial charge >= 0.3 is 0 Å². The first kappa shape index (κ1) is 18.5. The molecule has 0 bridgehead atoms. The molecule has 1 unspecified atom stereocenters. The summed E-state index contributed by atoms with van der Waals surface area (Å²) in [5, 5.41) is 7.64. The van der Waals surface area contributed by atoms with Crippen molar-refractivity contribution in [2.24, 2.45) is 0 Å². The number of para-hydroxylation sites is 1. The van der Waals surface area contributed by atoms with Gasteiger partial charge in [-0.2, -0.15) is 5.10 Å². The minimum atomic E-state index is -0.111. The standard InChI is InChI=1S/C19H23ClN4O2/c1-12-10-24(17-7-5-4-6-16(17)20)19(26)11-23(12)18(25)9-8-15-13(2)21-22-14(15)3/h4-7,12H,8-11H2,1-3H3,(H,21,22). The van der Waals surface area contributed by atoms with E-state index in [1.165, 1.54) is 0 Å². The molecule has 3 rings (SSSR count). The molecule has 26 heavy (non-hydrogen) atoms. The molecule has 0 radical (unpaired) electrons. The predicted octanol–water partition coefficient (Wildman–Crippen LogP) is 2.88. The summed E-state index contributed by atoms with van der Waals surface area (Å²) in [6, 6.07) is 7.21. The fraction of sp³-hybridized carbons (Fsp3) is 0.421. The van der Waals surface area contributed by atoms with E-state index in [1.807, 2.05) is 39.0 Å². The van der Waals surface area contributed by atoms with Crippen molar-refractivity contribution in [3.05, 3.63) is 46.2 Å². The molecule has 1 aromatic heterocycles. The third-order valence-electron chi connectivity index (χ3n) is 4.92. The van der Waals surface area contributed by atoms with E-state index >= 15 is 0 Å². The van der Waals surface area contributed by atoms with E-state index in [4.69, 9.17) is 11.6 Å². The molecule has 1 N–H and O–H groups in total. The molecule has 7 heteroatoms. The van der Waals surface area contributed by atoms with Crippen LogP contribution in [0.15, 0.2) is 24.3 Å². The zero-order valence-corrected chi connectivity index (χ0v) is 16.0. The molecular formula is C19H23ClN4O2. The molecule has 2 aromatic rings. The normalized spacial score (nSPS) is 17.7. The molecule has 0 saturated carbocycles. The van der Waals surface area contributed by atoms with Gasteiger partial charge in [0, 0.05) is 24.7 Å². The molecule has 1 fully saturated rings. The van der Waals surface area contributed by atoms with Gasteiger partial charge in [0.15, 0.2) is 0 Å². The minimum absolute atomic E-state index is 0.00958. The number of benzene rings is 1. The van der Waals surface area contributed by atoms with E-state index in [1.54, 1.807) is 15.9 Å². The molecule has 0 spiro atoms. The smallest absolute Gasteiger partial charge is 0.246 e. The number of hydrogen-bond acceptors (Lipinski definition) is 3. The first-order valence-corrected chi connectivity index (χ1v) is 9.11. The lowest BCUT2D eigenvalue weighted by Crippen LogP contribution is -2.57. The van der Waals surface area contributed by atoms with Crippen LogP contribution in [0.4, 0.5) is 5.69 Å². The van der Waals surface area contributed by atoms with Crippen LogP contribution in [-0.2, 0) is 16.0 Å². The molecule has 1 aliphatic rings. The summed E-state index contributed by atoms with van der Waals surface area (Å²) in [6.07, 6.45) is 0.990. The number of rotatable bonds is 4. The van der Waals surface area contributed by atoms with E-state index in [0.29, 0.717) is 30.1 Å². The highest BCUT2D eigenvalue weighted by Crippen LogP contribution is 2.28. The Balaban J connectivity index is 1.66. The Hall–Kier alpha value is -2.34. The Bertz CT molecular complexity index is 813. The Morgan fingerprint density at radius 3 is 2.73 bits per heavy atom. The lowest BCUT2D eigenvalue weighted by Gasteiger charge is -2.39. The maximum Gasteiger partial charge on any atom is 0.246 e. The maximum atomic E-state index is 12.7. The minimum Gasteiger partial charge on any atom is -0.329 e. The summed E-state index contributed by atoms with van der Waals surface area (Å²) in [5.41, 5.74) is 3.68. The number of nitrogens with zero attached hydrogens (tertiary/aromatic N) is 3. The Labute approximate surface area is 158 Å². The number of hydrogen-bond donors (Lipinski definition) is 1. The number of aromatic amines is 1. The molecule has 6 nitrogen and oxygen atoms in total. The molecule has 1 atom stereocenters. The van der Waals surface area contributed by atoms with Crippen LogP contribution in [0.1, 0.15) is 30.3 Å². The van der Waals surface area contributed by atoms with Gasteiger partial charge < -0.3 is 9.80 Å². The fourth-order valence-electron chi connectivity index (χ4n) is 3.41. The van der Waals surface area contributed by atoms with Crippen molar-refractivity contribution in [1.82, 2.24) is 15.1 Å². The highest BCUT2D eigenvalue weighted by atomic mass is 35.5.